The van der Waals surface area contributed by atoms with E-state index in [9.17, 15) is 51.9 Å². The minimum Gasteiger partial charge on any atom is -0.744 e. The smallest absolute Gasteiger partial charge is 0.744 e. The van der Waals surface area contributed by atoms with Crippen molar-refractivity contribution in [1.29, 1.82) is 0 Å². The van der Waals surface area contributed by atoms with Gasteiger partial charge in [0.25, 0.3) is 0 Å². The van der Waals surface area contributed by atoms with E-state index in [0.29, 0.717) is 6.07 Å². The summed E-state index contributed by atoms with van der Waals surface area (Å²) in [4.78, 5) is -2.80. The van der Waals surface area contributed by atoms with Gasteiger partial charge in [0, 0.05) is 10.8 Å². The summed E-state index contributed by atoms with van der Waals surface area (Å²) >= 11 is 0. The molecule has 27 heteroatoms. The number of anilines is 1. The largest absolute Gasteiger partial charge is 1.00 e. The molecule has 0 aliphatic heterocycles. The van der Waals surface area contributed by atoms with Crippen LogP contribution in [0.1, 0.15) is 16.7 Å². The zero-order valence-corrected chi connectivity index (χ0v) is 43.1. The molecular formula is C32H22N6Na4O13S4. The number of hydrogen-bond acceptors (Lipinski definition) is 18. The molecule has 0 saturated heterocycles. The molecule has 0 unspecified atom stereocenters. The predicted octanol–water partition coefficient (Wildman–Crippen LogP) is -8.31. The predicted molar refractivity (Wildman–Crippen MR) is 190 cm³/mol. The SMILES string of the molecule is COc1c(N)cc(C)cc1N=Nc1ccc(C=Cc2ccc(-n3nc4ccc5c(S(=O)(=O)[O-])cc(S(=O)(=O)[O-])cc5c4n3)cc2S(=O)(=O)[O-])c(S(=O)(=O)[O-])c1.[Na+].[Na+].[Na+].[Na+]. The number of nitrogens with two attached hydrogens (primary N) is 1. The minimum atomic E-state index is -5.29. The second-order valence-corrected chi connectivity index (χ2v) is 17.1. The summed E-state index contributed by atoms with van der Waals surface area (Å²) in [6.07, 6.45) is 2.14. The van der Waals surface area contributed by atoms with Crippen molar-refractivity contribution in [3.05, 3.63) is 89.5 Å². The Morgan fingerprint density at radius 3 is 1.78 bits per heavy atom. The zero-order chi connectivity index (χ0) is 40.2. The van der Waals surface area contributed by atoms with Gasteiger partial charge in [-0.1, -0.05) is 30.4 Å². The van der Waals surface area contributed by atoms with Crippen LogP contribution in [0, 0.1) is 6.92 Å². The van der Waals surface area contributed by atoms with E-state index < -0.39 is 60.1 Å². The van der Waals surface area contributed by atoms with Crippen molar-refractivity contribution in [3.63, 3.8) is 0 Å². The van der Waals surface area contributed by atoms with Gasteiger partial charge >= 0.3 is 118 Å². The number of azo groups is 1. The van der Waals surface area contributed by atoms with E-state index in [1.54, 1.807) is 19.1 Å². The molecule has 6 rings (SSSR count). The van der Waals surface area contributed by atoms with Gasteiger partial charge in [-0.15, -0.1) is 15.3 Å². The zero-order valence-electron chi connectivity index (χ0n) is 31.8. The van der Waals surface area contributed by atoms with E-state index in [-0.39, 0.29) is 180 Å². The van der Waals surface area contributed by atoms with Crippen LogP contribution in [0.2, 0.25) is 0 Å². The van der Waals surface area contributed by atoms with E-state index in [0.717, 1.165) is 52.8 Å². The van der Waals surface area contributed by atoms with Crippen molar-refractivity contribution in [2.45, 2.75) is 26.5 Å². The molecule has 5 aromatic carbocycles. The Hall–Kier alpha value is -1.66. The van der Waals surface area contributed by atoms with Crippen LogP contribution >= 0.6 is 0 Å². The molecule has 0 radical (unpaired) electrons. The summed E-state index contributed by atoms with van der Waals surface area (Å²) in [5.74, 6) is 0.213. The topological polar surface area (TPSA) is 319 Å². The first-order valence-electron chi connectivity index (χ1n) is 15.0. The number of aryl methyl sites for hydroxylation is 1. The molecule has 0 aliphatic rings. The van der Waals surface area contributed by atoms with Crippen molar-refractivity contribution in [1.82, 2.24) is 15.0 Å². The molecule has 0 aliphatic carbocycles. The number of rotatable bonds is 10. The molecule has 2 N–H and O–H groups in total. The molecule has 0 saturated carbocycles. The van der Waals surface area contributed by atoms with Gasteiger partial charge in [0.05, 0.1) is 43.8 Å². The van der Waals surface area contributed by atoms with Gasteiger partial charge in [0.1, 0.15) is 57.2 Å². The Kier molecular flexibility index (Phi) is 18.3. The number of nitrogen functional groups attached to an aromatic ring is 1. The van der Waals surface area contributed by atoms with Crippen LogP contribution < -0.4 is 129 Å². The summed E-state index contributed by atoms with van der Waals surface area (Å²) in [7, 11) is -19.6. The summed E-state index contributed by atoms with van der Waals surface area (Å²) in [6, 6.07) is 13.6. The third kappa shape index (κ3) is 12.1. The fourth-order valence-corrected chi connectivity index (χ4v) is 8.23. The van der Waals surface area contributed by atoms with E-state index in [4.69, 9.17) is 10.5 Å². The van der Waals surface area contributed by atoms with Crippen LogP contribution in [0.3, 0.4) is 0 Å². The van der Waals surface area contributed by atoms with Gasteiger partial charge in [-0.25, -0.2) is 33.7 Å². The summed E-state index contributed by atoms with van der Waals surface area (Å²) in [5.41, 5.74) is 6.33. The Bertz CT molecular complexity index is 3130. The van der Waals surface area contributed by atoms with E-state index in [2.05, 4.69) is 20.4 Å². The van der Waals surface area contributed by atoms with Crippen molar-refractivity contribution >= 4 is 91.5 Å². The van der Waals surface area contributed by atoms with Gasteiger partial charge in [-0.05, 0) is 78.2 Å². The first-order chi connectivity index (χ1) is 25.5. The van der Waals surface area contributed by atoms with E-state index in [1.807, 2.05) is 0 Å². The van der Waals surface area contributed by atoms with Gasteiger partial charge in [-0.3, -0.25) is 0 Å². The molecule has 0 amide bonds. The second-order valence-electron chi connectivity index (χ2n) is 11.6. The number of benzene rings is 5. The van der Waals surface area contributed by atoms with Crippen LogP contribution in [-0.2, 0) is 40.5 Å². The van der Waals surface area contributed by atoms with Crippen molar-refractivity contribution in [3.8, 4) is 11.4 Å². The molecule has 0 spiro atoms. The summed E-state index contributed by atoms with van der Waals surface area (Å²) < 4.78 is 150. The van der Waals surface area contributed by atoms with Crippen LogP contribution in [-0.4, -0.2) is 74.0 Å². The fraction of sp³-hybridized carbons (Fsp3) is 0.0625. The Morgan fingerprint density at radius 2 is 1.22 bits per heavy atom. The van der Waals surface area contributed by atoms with Crippen LogP contribution in [0.4, 0.5) is 17.1 Å². The maximum atomic E-state index is 12.4. The van der Waals surface area contributed by atoms with Crippen LogP contribution in [0.15, 0.2) is 103 Å². The number of ether oxygens (including phenoxy) is 1. The number of aromatic nitrogens is 3. The Balaban J connectivity index is 0.00000300. The molecule has 286 valence electrons. The molecule has 19 nitrogen and oxygen atoms in total. The minimum absolute atomic E-state index is 0. The van der Waals surface area contributed by atoms with Gasteiger partial charge < -0.3 is 28.7 Å². The number of hydrogen-bond donors (Lipinski definition) is 1. The Morgan fingerprint density at radius 1 is 0.644 bits per heavy atom. The van der Waals surface area contributed by atoms with Crippen LogP contribution in [0.5, 0.6) is 5.75 Å². The van der Waals surface area contributed by atoms with E-state index >= 15 is 0 Å². The monoisotopic (exact) mass is 918 g/mol. The molecule has 59 heavy (non-hydrogen) atoms. The average molecular weight is 919 g/mol. The van der Waals surface area contributed by atoms with Crippen molar-refractivity contribution in [2.24, 2.45) is 10.2 Å². The molecule has 0 atom stereocenters. The van der Waals surface area contributed by atoms with Crippen molar-refractivity contribution in [2.75, 3.05) is 12.8 Å². The third-order valence-corrected chi connectivity index (χ3v) is 11.4. The molecule has 1 aromatic heterocycles. The maximum absolute atomic E-state index is 12.4. The molecule has 6 aromatic rings. The number of fused-ring (bicyclic) bond motifs is 3. The maximum Gasteiger partial charge on any atom is 1.00 e. The van der Waals surface area contributed by atoms with Gasteiger partial charge in [-0.2, -0.15) is 9.91 Å². The second kappa shape index (κ2) is 20.2. The van der Waals surface area contributed by atoms with E-state index in [1.165, 1.54) is 31.4 Å². The standard InChI is InChI=1S/C32H26N6O13S4.4Na/c1-17-11-25(33)32(51-2)27(12-17)35-34-20-7-5-18(28(13-20)53(42,43)44)3-4-19-6-8-21(14-29(19)54(45,46)47)38-36-26-10-9-23-24(31(26)37-38)15-22(52(39,40)41)16-30(23)55(48,49)50;;;;/h3-16H,33H2,1-2H3,(H,39,40,41)(H,42,43,44)(H,45,46,47)(H,48,49,50);;;;/q;4*+1/p-4. The molecule has 0 fully saturated rings. The fourth-order valence-electron chi connectivity index (χ4n) is 5.53. The van der Waals surface area contributed by atoms with Gasteiger partial charge in [0.2, 0.25) is 0 Å². The van der Waals surface area contributed by atoms with Crippen molar-refractivity contribution < 1.29 is 175 Å². The Labute approximate surface area is 426 Å². The first kappa shape index (κ1) is 53.5. The molecule has 0 bridgehead atoms. The molecule has 1 heterocycles. The normalized spacial score (nSPS) is 12.2. The van der Waals surface area contributed by atoms with Gasteiger partial charge in [0.15, 0.2) is 5.75 Å². The number of methoxy groups -OCH3 is 1. The third-order valence-electron chi connectivity index (χ3n) is 7.90. The average Bonchev–Trinajstić information content (AvgIpc) is 3.53. The molecular weight excluding hydrogens is 897 g/mol. The first-order valence-corrected chi connectivity index (χ1v) is 20.7. The number of nitrogens with zero attached hydrogens (tertiary/aromatic N) is 5. The van der Waals surface area contributed by atoms with Crippen LogP contribution in [0.25, 0.3) is 39.6 Å². The quantitative estimate of drug-likeness (QED) is 0.0439. The summed E-state index contributed by atoms with van der Waals surface area (Å²) in [6.45, 7) is 1.75. The summed E-state index contributed by atoms with van der Waals surface area (Å²) in [5, 5.41) is 15.8.